The third-order valence-corrected chi connectivity index (χ3v) is 6.72. The molecule has 2 aromatic heterocycles. The number of benzene rings is 2. The molecule has 2 aliphatic rings. The van der Waals surface area contributed by atoms with Crippen molar-refractivity contribution in [1.82, 2.24) is 25.1 Å². The second-order valence-corrected chi connectivity index (χ2v) is 8.64. The van der Waals surface area contributed by atoms with E-state index in [-0.39, 0.29) is 5.56 Å². The van der Waals surface area contributed by atoms with Gasteiger partial charge in [0.15, 0.2) is 5.82 Å². The summed E-state index contributed by atoms with van der Waals surface area (Å²) < 4.78 is 1.64. The highest BCUT2D eigenvalue weighted by Gasteiger charge is 2.36. The van der Waals surface area contributed by atoms with Crippen molar-refractivity contribution in [3.8, 4) is 11.1 Å². The van der Waals surface area contributed by atoms with Crippen molar-refractivity contribution in [3.63, 3.8) is 0 Å². The first-order valence-electron chi connectivity index (χ1n) is 11.0. The van der Waals surface area contributed by atoms with E-state index < -0.39 is 0 Å². The second kappa shape index (κ2) is 7.49. The van der Waals surface area contributed by atoms with E-state index in [1.807, 2.05) is 36.5 Å². The summed E-state index contributed by atoms with van der Waals surface area (Å²) in [6.07, 6.45) is 6.09. The molecular weight excluding hydrogens is 402 g/mol. The first-order chi connectivity index (χ1) is 15.7. The molecule has 0 radical (unpaired) electrons. The lowest BCUT2D eigenvalue weighted by atomic mass is 10.1. The van der Waals surface area contributed by atoms with Crippen molar-refractivity contribution in [2.24, 2.45) is 7.05 Å². The van der Waals surface area contributed by atoms with E-state index in [0.717, 1.165) is 40.9 Å². The van der Waals surface area contributed by atoms with Crippen LogP contribution < -0.4 is 21.1 Å². The van der Waals surface area contributed by atoms with E-state index in [1.54, 1.807) is 17.8 Å². The van der Waals surface area contributed by atoms with Gasteiger partial charge in [-0.2, -0.15) is 5.10 Å². The summed E-state index contributed by atoms with van der Waals surface area (Å²) in [7, 11) is 1.78. The van der Waals surface area contributed by atoms with Gasteiger partial charge in [0, 0.05) is 55.4 Å². The zero-order valence-corrected chi connectivity index (χ0v) is 17.9. The molecule has 2 fully saturated rings. The van der Waals surface area contributed by atoms with Crippen LogP contribution in [-0.2, 0) is 7.05 Å². The van der Waals surface area contributed by atoms with Crippen LogP contribution in [0, 0.1) is 0 Å². The Hall–Kier alpha value is -3.65. The maximum absolute atomic E-state index is 13.0. The zero-order valence-electron chi connectivity index (χ0n) is 17.9. The van der Waals surface area contributed by atoms with E-state index in [4.69, 9.17) is 0 Å². The molecule has 2 saturated heterocycles. The number of H-pyrrole nitrogens is 1. The SMILES string of the molecule is Cn1c(=O)c(Nc2ccc(N3C4CCC3CNC4)cc2)nc2ccc(-c3cn[nH]c3)cc21. The average molecular weight is 428 g/mol. The van der Waals surface area contributed by atoms with Crippen molar-refractivity contribution >= 4 is 28.2 Å². The third-order valence-electron chi connectivity index (χ3n) is 6.72. The third kappa shape index (κ3) is 3.15. The molecule has 3 N–H and O–H groups in total. The number of aromatic nitrogens is 4. The summed E-state index contributed by atoms with van der Waals surface area (Å²) in [4.78, 5) is 20.2. The molecular formula is C24H25N7O. The topological polar surface area (TPSA) is 90.9 Å². The van der Waals surface area contributed by atoms with E-state index in [2.05, 4.69) is 42.8 Å². The van der Waals surface area contributed by atoms with Crippen LogP contribution in [0.1, 0.15) is 12.8 Å². The summed E-state index contributed by atoms with van der Waals surface area (Å²) >= 11 is 0. The Morgan fingerprint density at radius 2 is 1.81 bits per heavy atom. The number of aromatic amines is 1. The lowest BCUT2D eigenvalue weighted by Gasteiger charge is -2.37. The molecule has 0 spiro atoms. The quantitative estimate of drug-likeness (QED) is 0.464. The molecule has 2 atom stereocenters. The van der Waals surface area contributed by atoms with Gasteiger partial charge in [-0.15, -0.1) is 0 Å². The van der Waals surface area contributed by atoms with Crippen molar-refractivity contribution < 1.29 is 0 Å². The smallest absolute Gasteiger partial charge is 0.293 e. The summed E-state index contributed by atoms with van der Waals surface area (Å²) in [6, 6.07) is 15.4. The standard InChI is InChI=1S/C24H25N7O/c1-30-22-10-15(16-11-26-27-12-16)2-9-21(22)29-23(24(30)32)28-17-3-5-18(6-4-17)31-19-7-8-20(31)14-25-13-19/h2-6,9-12,19-20,25H,7-8,13-14H2,1H3,(H,26,27)(H,28,29). The predicted molar refractivity (Wildman–Crippen MR) is 126 cm³/mol. The maximum Gasteiger partial charge on any atom is 0.293 e. The number of rotatable bonds is 4. The molecule has 2 unspecified atom stereocenters. The monoisotopic (exact) mass is 427 g/mol. The van der Waals surface area contributed by atoms with Gasteiger partial charge >= 0.3 is 0 Å². The molecule has 0 aliphatic carbocycles. The minimum Gasteiger partial charge on any atom is -0.363 e. The molecule has 0 amide bonds. The van der Waals surface area contributed by atoms with Gasteiger partial charge in [0.2, 0.25) is 0 Å². The van der Waals surface area contributed by atoms with Gasteiger partial charge in [-0.1, -0.05) is 6.07 Å². The van der Waals surface area contributed by atoms with Gasteiger partial charge in [-0.3, -0.25) is 9.89 Å². The molecule has 0 saturated carbocycles. The largest absolute Gasteiger partial charge is 0.363 e. The van der Waals surface area contributed by atoms with Crippen molar-refractivity contribution in [1.29, 1.82) is 0 Å². The van der Waals surface area contributed by atoms with Gasteiger partial charge in [-0.05, 0) is 54.8 Å². The maximum atomic E-state index is 13.0. The second-order valence-electron chi connectivity index (χ2n) is 8.64. The minimum atomic E-state index is -0.161. The van der Waals surface area contributed by atoms with Gasteiger partial charge in [0.1, 0.15) is 0 Å². The van der Waals surface area contributed by atoms with Crippen LogP contribution in [0.2, 0.25) is 0 Å². The van der Waals surface area contributed by atoms with Crippen LogP contribution in [0.15, 0.2) is 59.7 Å². The highest BCUT2D eigenvalue weighted by molar-refractivity contribution is 5.83. The Morgan fingerprint density at radius 3 is 2.53 bits per heavy atom. The van der Waals surface area contributed by atoms with E-state index in [9.17, 15) is 4.79 Å². The molecule has 6 rings (SSSR count). The molecule has 8 nitrogen and oxygen atoms in total. The zero-order chi connectivity index (χ0) is 21.7. The number of piperazine rings is 1. The number of aryl methyl sites for hydroxylation is 1. The summed E-state index contributed by atoms with van der Waals surface area (Å²) in [6.45, 7) is 2.10. The Kier molecular flexibility index (Phi) is 4.46. The molecule has 4 aromatic rings. The summed E-state index contributed by atoms with van der Waals surface area (Å²) in [5.41, 5.74) is 5.44. The molecule has 8 heteroatoms. The molecule has 2 aromatic carbocycles. The first-order valence-corrected chi connectivity index (χ1v) is 11.0. The average Bonchev–Trinajstić information content (AvgIpc) is 3.44. The van der Waals surface area contributed by atoms with Gasteiger partial charge in [0.05, 0.1) is 17.2 Å². The Labute approximate surface area is 185 Å². The lowest BCUT2D eigenvalue weighted by Crippen LogP contribution is -2.51. The van der Waals surface area contributed by atoms with Crippen LogP contribution in [0.3, 0.4) is 0 Å². The number of anilines is 3. The number of hydrogen-bond acceptors (Lipinski definition) is 6. The fraction of sp³-hybridized carbons (Fsp3) is 0.292. The van der Waals surface area contributed by atoms with Crippen molar-refractivity contribution in [2.45, 2.75) is 24.9 Å². The van der Waals surface area contributed by atoms with Crippen LogP contribution >= 0.6 is 0 Å². The van der Waals surface area contributed by atoms with Crippen molar-refractivity contribution in [2.75, 3.05) is 23.3 Å². The first kappa shape index (κ1) is 19.1. The summed E-state index contributed by atoms with van der Waals surface area (Å²) in [5.74, 6) is 0.325. The van der Waals surface area contributed by atoms with Gasteiger partial charge in [0.25, 0.3) is 5.56 Å². The van der Waals surface area contributed by atoms with E-state index >= 15 is 0 Å². The Bertz CT molecular complexity index is 1310. The molecule has 4 heterocycles. The number of nitrogens with one attached hydrogen (secondary N) is 3. The summed E-state index contributed by atoms with van der Waals surface area (Å²) in [5, 5.41) is 13.6. The Morgan fingerprint density at radius 1 is 1.03 bits per heavy atom. The predicted octanol–water partition coefficient (Wildman–Crippen LogP) is 3.01. The van der Waals surface area contributed by atoms with Crippen molar-refractivity contribution in [3.05, 3.63) is 65.2 Å². The van der Waals surface area contributed by atoms with E-state index in [0.29, 0.717) is 17.9 Å². The fourth-order valence-corrected chi connectivity index (χ4v) is 5.05. The molecule has 2 aliphatic heterocycles. The van der Waals surface area contributed by atoms with Crippen LogP contribution in [-0.4, -0.2) is 44.9 Å². The van der Waals surface area contributed by atoms with Crippen LogP contribution in [0.5, 0.6) is 0 Å². The number of nitrogens with zero attached hydrogens (tertiary/aromatic N) is 4. The molecule has 32 heavy (non-hydrogen) atoms. The van der Waals surface area contributed by atoms with Gasteiger partial charge < -0.3 is 20.1 Å². The van der Waals surface area contributed by atoms with Crippen LogP contribution in [0.4, 0.5) is 17.2 Å². The number of fused-ring (bicyclic) bond motifs is 3. The van der Waals surface area contributed by atoms with E-state index in [1.165, 1.54) is 18.5 Å². The Balaban J connectivity index is 1.29. The molecule has 162 valence electrons. The lowest BCUT2D eigenvalue weighted by molar-refractivity contribution is 0.485. The number of hydrogen-bond donors (Lipinski definition) is 3. The minimum absolute atomic E-state index is 0.161. The van der Waals surface area contributed by atoms with Crippen LogP contribution in [0.25, 0.3) is 22.2 Å². The highest BCUT2D eigenvalue weighted by Crippen LogP contribution is 2.33. The fourth-order valence-electron chi connectivity index (χ4n) is 5.05. The highest BCUT2D eigenvalue weighted by atomic mass is 16.1. The van der Waals surface area contributed by atoms with Gasteiger partial charge in [-0.25, -0.2) is 4.98 Å². The molecule has 2 bridgehead atoms. The normalized spacial score (nSPS) is 20.1.